The molecule has 4 nitrogen and oxygen atoms in total. The van der Waals surface area contributed by atoms with Gasteiger partial charge in [-0.25, -0.2) is 0 Å². The Balaban J connectivity index is 2.01. The molecule has 0 atom stereocenters. The Bertz CT molecular complexity index is 803. The lowest BCUT2D eigenvalue weighted by atomic mass is 10.1. The van der Waals surface area contributed by atoms with Gasteiger partial charge < -0.3 is 9.88 Å². The molecule has 110 valence electrons. The largest absolute Gasteiger partial charge is 0.349 e. The van der Waals surface area contributed by atoms with E-state index < -0.39 is 0 Å². The molecule has 0 bridgehead atoms. The molecule has 0 saturated heterocycles. The van der Waals surface area contributed by atoms with Crippen molar-refractivity contribution in [3.63, 3.8) is 0 Å². The van der Waals surface area contributed by atoms with Gasteiger partial charge in [-0.15, -0.1) is 6.58 Å². The van der Waals surface area contributed by atoms with Gasteiger partial charge in [-0.05, 0) is 25.0 Å². The fourth-order valence-corrected chi connectivity index (χ4v) is 2.48. The quantitative estimate of drug-likeness (QED) is 0.523. The smallest absolute Gasteiger partial charge is 0.262 e. The highest BCUT2D eigenvalue weighted by molar-refractivity contribution is 6.04. The molecule has 1 amide bonds. The lowest BCUT2D eigenvalue weighted by molar-refractivity contribution is -0.117. The van der Waals surface area contributed by atoms with E-state index in [0.717, 1.165) is 29.3 Å². The lowest BCUT2D eigenvalue weighted by Gasteiger charge is -2.00. The normalized spacial score (nSPS) is 14.6. The van der Waals surface area contributed by atoms with Crippen molar-refractivity contribution < 1.29 is 4.79 Å². The zero-order valence-corrected chi connectivity index (χ0v) is 12.2. The van der Waals surface area contributed by atoms with Gasteiger partial charge in [0.25, 0.3) is 5.91 Å². The van der Waals surface area contributed by atoms with Gasteiger partial charge in [0, 0.05) is 35.2 Å². The van der Waals surface area contributed by atoms with E-state index in [1.807, 2.05) is 42.6 Å². The highest BCUT2D eigenvalue weighted by Crippen LogP contribution is 2.24. The van der Waals surface area contributed by atoms with E-state index >= 15 is 0 Å². The minimum absolute atomic E-state index is 0.147. The fourth-order valence-electron chi connectivity index (χ4n) is 2.48. The van der Waals surface area contributed by atoms with Crippen molar-refractivity contribution in [3.05, 3.63) is 54.3 Å². The van der Waals surface area contributed by atoms with Crippen molar-refractivity contribution in [2.75, 3.05) is 0 Å². The summed E-state index contributed by atoms with van der Waals surface area (Å²) < 4.78 is 2.06. The number of nitriles is 1. The molecule has 22 heavy (non-hydrogen) atoms. The Morgan fingerprint density at radius 1 is 1.45 bits per heavy atom. The van der Waals surface area contributed by atoms with Crippen LogP contribution in [0.15, 0.2) is 48.7 Å². The minimum Gasteiger partial charge on any atom is -0.349 e. The molecule has 4 heteroatoms. The summed E-state index contributed by atoms with van der Waals surface area (Å²) in [4.78, 5) is 12.1. The number of hydrogen-bond acceptors (Lipinski definition) is 2. The highest BCUT2D eigenvalue weighted by atomic mass is 16.1. The first kappa shape index (κ1) is 14.2. The fraction of sp³-hybridized carbons (Fsp3) is 0.222. The third-order valence-corrected chi connectivity index (χ3v) is 3.72. The highest BCUT2D eigenvalue weighted by Gasteiger charge is 2.24. The first-order valence-corrected chi connectivity index (χ1v) is 7.34. The molecular weight excluding hydrogens is 274 g/mol. The summed E-state index contributed by atoms with van der Waals surface area (Å²) in [5, 5.41) is 13.1. The van der Waals surface area contributed by atoms with E-state index in [1.54, 1.807) is 6.08 Å². The number of amides is 1. The third kappa shape index (κ3) is 2.79. The third-order valence-electron chi connectivity index (χ3n) is 3.72. The number of nitrogens with one attached hydrogen (secondary N) is 1. The Hall–Kier alpha value is -2.80. The van der Waals surface area contributed by atoms with Crippen molar-refractivity contribution in [2.24, 2.45) is 0 Å². The second kappa shape index (κ2) is 5.90. The Kier molecular flexibility index (Phi) is 3.80. The molecule has 1 aliphatic rings. The van der Waals surface area contributed by atoms with Crippen LogP contribution in [0, 0.1) is 11.3 Å². The maximum Gasteiger partial charge on any atom is 0.262 e. The molecule has 1 saturated carbocycles. The summed E-state index contributed by atoms with van der Waals surface area (Å²) in [5.41, 5.74) is 2.09. The van der Waals surface area contributed by atoms with Gasteiger partial charge in [0.15, 0.2) is 0 Å². The van der Waals surface area contributed by atoms with Gasteiger partial charge in [-0.3, -0.25) is 4.79 Å². The molecule has 0 radical (unpaired) electrons. The van der Waals surface area contributed by atoms with Crippen molar-refractivity contribution in [2.45, 2.75) is 25.4 Å². The van der Waals surface area contributed by atoms with E-state index in [-0.39, 0.29) is 17.5 Å². The molecule has 1 fully saturated rings. The second-order valence-corrected chi connectivity index (χ2v) is 5.46. The maximum atomic E-state index is 12.1. The number of nitrogens with zero attached hydrogens (tertiary/aromatic N) is 2. The maximum absolute atomic E-state index is 12.1. The minimum atomic E-state index is -0.287. The van der Waals surface area contributed by atoms with Crippen LogP contribution >= 0.6 is 0 Å². The Morgan fingerprint density at radius 2 is 2.23 bits per heavy atom. The van der Waals surface area contributed by atoms with Crippen molar-refractivity contribution in [1.82, 2.24) is 9.88 Å². The first-order valence-electron chi connectivity index (χ1n) is 7.34. The summed E-state index contributed by atoms with van der Waals surface area (Å²) >= 11 is 0. The molecule has 0 spiro atoms. The Labute approximate surface area is 129 Å². The topological polar surface area (TPSA) is 57.8 Å². The summed E-state index contributed by atoms with van der Waals surface area (Å²) in [5.74, 6) is -0.287. The number of hydrogen-bond donors (Lipinski definition) is 1. The average Bonchev–Trinajstić information content (AvgIpc) is 3.28. The standard InChI is InChI=1S/C18H17N3O/c1-2-9-21-12-14(16-5-3-4-6-17(16)21)10-13(11-19)18(22)20-15-7-8-15/h2-6,10,12,15H,1,7-9H2,(H,20,22). The van der Waals surface area contributed by atoms with Crippen molar-refractivity contribution in [3.8, 4) is 6.07 Å². The molecule has 1 N–H and O–H groups in total. The van der Waals surface area contributed by atoms with E-state index in [4.69, 9.17) is 0 Å². The molecule has 2 aromatic rings. The van der Waals surface area contributed by atoms with Crippen LogP contribution in [0.4, 0.5) is 0 Å². The van der Waals surface area contributed by atoms with Crippen molar-refractivity contribution >= 4 is 22.9 Å². The average molecular weight is 291 g/mol. The molecule has 3 rings (SSSR count). The number of aromatic nitrogens is 1. The number of fused-ring (bicyclic) bond motifs is 1. The van der Waals surface area contributed by atoms with E-state index in [9.17, 15) is 10.1 Å². The number of para-hydroxylation sites is 1. The predicted octanol–water partition coefficient (Wildman–Crippen LogP) is 3.01. The SMILES string of the molecule is C=CCn1cc(C=C(C#N)C(=O)NC2CC2)c2ccccc21. The van der Waals surface area contributed by atoms with Crippen LogP contribution in [0.1, 0.15) is 18.4 Å². The van der Waals surface area contributed by atoms with E-state index in [2.05, 4.69) is 16.5 Å². The first-order chi connectivity index (χ1) is 10.7. The second-order valence-electron chi connectivity index (χ2n) is 5.46. The summed E-state index contributed by atoms with van der Waals surface area (Å²) in [6.45, 7) is 4.45. The van der Waals surface area contributed by atoms with Gasteiger partial charge >= 0.3 is 0 Å². The molecule has 1 heterocycles. The number of benzene rings is 1. The van der Waals surface area contributed by atoms with Gasteiger partial charge in [-0.1, -0.05) is 24.3 Å². The molecular formula is C18H17N3O. The van der Waals surface area contributed by atoms with Gasteiger partial charge in [0.2, 0.25) is 0 Å². The molecule has 0 aliphatic heterocycles. The van der Waals surface area contributed by atoms with Crippen LogP contribution in [0.25, 0.3) is 17.0 Å². The van der Waals surface area contributed by atoms with E-state index in [1.165, 1.54) is 0 Å². The monoisotopic (exact) mass is 291 g/mol. The Morgan fingerprint density at radius 3 is 2.91 bits per heavy atom. The van der Waals surface area contributed by atoms with Crippen LogP contribution in [0.5, 0.6) is 0 Å². The van der Waals surface area contributed by atoms with Gasteiger partial charge in [-0.2, -0.15) is 5.26 Å². The predicted molar refractivity (Wildman–Crippen MR) is 86.9 cm³/mol. The summed E-state index contributed by atoms with van der Waals surface area (Å²) in [7, 11) is 0. The molecule has 1 aromatic heterocycles. The number of allylic oxidation sites excluding steroid dienone is 1. The van der Waals surface area contributed by atoms with Gasteiger partial charge in [0.05, 0.1) is 0 Å². The summed E-state index contributed by atoms with van der Waals surface area (Å²) in [6.07, 6.45) is 7.45. The number of carbonyl (C=O) groups excluding carboxylic acids is 1. The zero-order chi connectivity index (χ0) is 15.5. The van der Waals surface area contributed by atoms with Crippen LogP contribution in [0.2, 0.25) is 0 Å². The zero-order valence-electron chi connectivity index (χ0n) is 12.2. The molecule has 0 unspecified atom stereocenters. The molecule has 1 aromatic carbocycles. The van der Waals surface area contributed by atoms with E-state index in [0.29, 0.717) is 6.54 Å². The van der Waals surface area contributed by atoms with Gasteiger partial charge in [0.1, 0.15) is 11.6 Å². The number of rotatable bonds is 5. The lowest BCUT2D eigenvalue weighted by Crippen LogP contribution is -2.26. The molecule has 1 aliphatic carbocycles. The van der Waals surface area contributed by atoms with Crippen LogP contribution in [0.3, 0.4) is 0 Å². The van der Waals surface area contributed by atoms with Crippen LogP contribution < -0.4 is 5.32 Å². The van der Waals surface area contributed by atoms with Crippen LogP contribution in [-0.2, 0) is 11.3 Å². The number of carbonyl (C=O) groups is 1. The van der Waals surface area contributed by atoms with Crippen molar-refractivity contribution in [1.29, 1.82) is 5.26 Å². The summed E-state index contributed by atoms with van der Waals surface area (Å²) in [6, 6.07) is 10.2. The van der Waals surface area contributed by atoms with Crippen LogP contribution in [-0.4, -0.2) is 16.5 Å².